The average molecular weight is 473 g/mol. The van der Waals surface area contributed by atoms with E-state index in [0.717, 1.165) is 25.7 Å². The second-order valence-electron chi connectivity index (χ2n) is 10.9. The van der Waals surface area contributed by atoms with Gasteiger partial charge in [-0.1, -0.05) is 147 Å². The topological polar surface area (TPSA) is 26.3 Å². The Bertz CT molecular complexity index is 606. The van der Waals surface area contributed by atoms with Crippen molar-refractivity contribution < 1.29 is 9.53 Å². The van der Waals surface area contributed by atoms with Gasteiger partial charge in [-0.15, -0.1) is 0 Å². The van der Waals surface area contributed by atoms with Crippen molar-refractivity contribution in [3.05, 3.63) is 29.8 Å². The normalized spacial score (nSPS) is 13.1. The summed E-state index contributed by atoms with van der Waals surface area (Å²) in [6, 6.07) is 7.87. The zero-order valence-corrected chi connectivity index (χ0v) is 23.3. The molecule has 196 valence electrons. The van der Waals surface area contributed by atoms with E-state index < -0.39 is 0 Å². The van der Waals surface area contributed by atoms with Gasteiger partial charge in [0.1, 0.15) is 5.75 Å². The minimum atomic E-state index is -0.368. The molecule has 0 aromatic heterocycles. The predicted octanol–water partition coefficient (Wildman–Crippen LogP) is 10.7. The SMILES string of the molecule is CCCCCCCCCCCCC(C)(CCCCCCCCCC)C(=O)Oc1ccc(C)cc1. The zero-order chi connectivity index (χ0) is 24.9. The largest absolute Gasteiger partial charge is 0.426 e. The number of unbranched alkanes of at least 4 members (excludes halogenated alkanes) is 16. The van der Waals surface area contributed by atoms with Crippen LogP contribution in [0.1, 0.15) is 155 Å². The maximum atomic E-state index is 13.2. The highest BCUT2D eigenvalue weighted by molar-refractivity contribution is 5.78. The number of rotatable bonds is 22. The minimum Gasteiger partial charge on any atom is -0.426 e. The van der Waals surface area contributed by atoms with E-state index in [1.165, 1.54) is 108 Å². The molecule has 2 heteroatoms. The number of esters is 1. The van der Waals surface area contributed by atoms with Crippen molar-refractivity contribution in [2.75, 3.05) is 0 Å². The van der Waals surface area contributed by atoms with Crippen LogP contribution in [0, 0.1) is 12.3 Å². The van der Waals surface area contributed by atoms with Crippen LogP contribution in [0.5, 0.6) is 5.75 Å². The highest BCUT2D eigenvalue weighted by Crippen LogP contribution is 2.34. The molecule has 1 rings (SSSR count). The number of carbonyl (C=O) groups is 1. The maximum absolute atomic E-state index is 13.2. The third-order valence-electron chi connectivity index (χ3n) is 7.39. The number of benzene rings is 1. The van der Waals surface area contributed by atoms with Gasteiger partial charge in [-0.2, -0.15) is 0 Å². The summed E-state index contributed by atoms with van der Waals surface area (Å²) in [5.41, 5.74) is 0.819. The van der Waals surface area contributed by atoms with Gasteiger partial charge < -0.3 is 4.74 Å². The van der Waals surface area contributed by atoms with Crippen molar-refractivity contribution in [1.82, 2.24) is 0 Å². The van der Waals surface area contributed by atoms with Gasteiger partial charge in [-0.3, -0.25) is 4.79 Å². The van der Waals surface area contributed by atoms with Crippen LogP contribution in [0.3, 0.4) is 0 Å². The van der Waals surface area contributed by atoms with Gasteiger partial charge in [0.15, 0.2) is 0 Å². The summed E-state index contributed by atoms with van der Waals surface area (Å²) in [6.07, 6.45) is 25.6. The summed E-state index contributed by atoms with van der Waals surface area (Å²) >= 11 is 0. The molecule has 0 bridgehead atoms. The third kappa shape index (κ3) is 14.8. The molecule has 1 aromatic rings. The summed E-state index contributed by atoms with van der Waals surface area (Å²) in [4.78, 5) is 13.2. The van der Waals surface area contributed by atoms with Crippen molar-refractivity contribution in [2.45, 2.75) is 156 Å². The molecule has 0 heterocycles. The van der Waals surface area contributed by atoms with Gasteiger partial charge in [0.05, 0.1) is 5.41 Å². The highest BCUT2D eigenvalue weighted by Gasteiger charge is 2.34. The standard InChI is InChI=1S/C32H56O2/c1-5-7-9-11-13-15-16-18-20-22-28-32(4,27-21-19-17-14-12-10-8-6-2)31(33)34-30-25-23-29(3)24-26-30/h23-26H,5-22,27-28H2,1-4H3. The van der Waals surface area contributed by atoms with Gasteiger partial charge in [0, 0.05) is 0 Å². The molecule has 0 aliphatic heterocycles. The average Bonchev–Trinajstić information content (AvgIpc) is 2.83. The van der Waals surface area contributed by atoms with E-state index in [0.29, 0.717) is 5.75 Å². The second-order valence-corrected chi connectivity index (χ2v) is 10.9. The Hall–Kier alpha value is -1.31. The molecular formula is C32H56O2. The first-order valence-electron chi connectivity index (χ1n) is 14.8. The molecule has 1 atom stereocenters. The van der Waals surface area contributed by atoms with E-state index >= 15 is 0 Å². The zero-order valence-electron chi connectivity index (χ0n) is 23.3. The smallest absolute Gasteiger partial charge is 0.317 e. The Labute approximate surface area is 212 Å². The van der Waals surface area contributed by atoms with Crippen LogP contribution >= 0.6 is 0 Å². The second kappa shape index (κ2) is 19.9. The van der Waals surface area contributed by atoms with E-state index in [-0.39, 0.29) is 11.4 Å². The van der Waals surface area contributed by atoms with E-state index in [4.69, 9.17) is 4.74 Å². The Morgan fingerprint density at radius 1 is 0.618 bits per heavy atom. The number of ether oxygens (including phenoxy) is 1. The molecule has 0 N–H and O–H groups in total. The first kappa shape index (κ1) is 30.7. The van der Waals surface area contributed by atoms with Crippen LogP contribution in [-0.4, -0.2) is 5.97 Å². The molecule has 0 aliphatic carbocycles. The number of hydrogen-bond acceptors (Lipinski definition) is 2. The van der Waals surface area contributed by atoms with E-state index in [2.05, 4.69) is 27.7 Å². The first-order chi connectivity index (χ1) is 16.5. The van der Waals surface area contributed by atoms with Crippen molar-refractivity contribution in [2.24, 2.45) is 5.41 Å². The van der Waals surface area contributed by atoms with Gasteiger partial charge in [-0.25, -0.2) is 0 Å². The molecule has 0 radical (unpaired) electrons. The number of hydrogen-bond donors (Lipinski definition) is 0. The van der Waals surface area contributed by atoms with Crippen LogP contribution in [0.4, 0.5) is 0 Å². The van der Waals surface area contributed by atoms with Crippen LogP contribution in [0.25, 0.3) is 0 Å². The fourth-order valence-corrected chi connectivity index (χ4v) is 4.82. The third-order valence-corrected chi connectivity index (χ3v) is 7.39. The molecular weight excluding hydrogens is 416 g/mol. The molecule has 34 heavy (non-hydrogen) atoms. The van der Waals surface area contributed by atoms with Gasteiger partial charge in [-0.05, 0) is 38.8 Å². The Morgan fingerprint density at radius 3 is 1.35 bits per heavy atom. The lowest BCUT2D eigenvalue weighted by Gasteiger charge is -2.27. The van der Waals surface area contributed by atoms with E-state index in [1.54, 1.807) is 0 Å². The molecule has 0 saturated carbocycles. The molecule has 0 aliphatic rings. The maximum Gasteiger partial charge on any atom is 0.317 e. The minimum absolute atomic E-state index is 0.0322. The van der Waals surface area contributed by atoms with Crippen LogP contribution in [0.15, 0.2) is 24.3 Å². The van der Waals surface area contributed by atoms with Gasteiger partial charge in [0.2, 0.25) is 0 Å². The molecule has 1 aromatic carbocycles. The van der Waals surface area contributed by atoms with Crippen molar-refractivity contribution in [1.29, 1.82) is 0 Å². The lowest BCUT2D eigenvalue weighted by atomic mass is 9.79. The quantitative estimate of drug-likeness (QED) is 0.0952. The van der Waals surface area contributed by atoms with Gasteiger partial charge in [0.25, 0.3) is 0 Å². The Balaban J connectivity index is 2.41. The summed E-state index contributed by atoms with van der Waals surface area (Å²) in [5, 5.41) is 0. The molecule has 0 spiro atoms. The fraction of sp³-hybridized carbons (Fsp3) is 0.781. The Morgan fingerprint density at radius 2 is 0.971 bits per heavy atom. The number of aryl methyl sites for hydroxylation is 1. The molecule has 0 amide bonds. The van der Waals surface area contributed by atoms with E-state index in [9.17, 15) is 4.79 Å². The van der Waals surface area contributed by atoms with Crippen LogP contribution in [0.2, 0.25) is 0 Å². The molecule has 0 fully saturated rings. The van der Waals surface area contributed by atoms with Crippen LogP contribution in [-0.2, 0) is 4.79 Å². The summed E-state index contributed by atoms with van der Waals surface area (Å²) in [5.74, 6) is 0.649. The first-order valence-corrected chi connectivity index (χ1v) is 14.8. The van der Waals surface area contributed by atoms with Crippen molar-refractivity contribution in [3.63, 3.8) is 0 Å². The fourth-order valence-electron chi connectivity index (χ4n) is 4.82. The van der Waals surface area contributed by atoms with Crippen molar-refractivity contribution >= 4 is 5.97 Å². The molecule has 2 nitrogen and oxygen atoms in total. The lowest BCUT2D eigenvalue weighted by Crippen LogP contribution is -2.32. The summed E-state index contributed by atoms with van der Waals surface area (Å²) in [6.45, 7) is 8.76. The molecule has 1 unspecified atom stereocenters. The van der Waals surface area contributed by atoms with Crippen LogP contribution < -0.4 is 4.74 Å². The molecule has 0 saturated heterocycles. The van der Waals surface area contributed by atoms with E-state index in [1.807, 2.05) is 24.3 Å². The highest BCUT2D eigenvalue weighted by atomic mass is 16.5. The van der Waals surface area contributed by atoms with Crippen molar-refractivity contribution in [3.8, 4) is 5.75 Å². The Kier molecular flexibility index (Phi) is 18.0. The monoisotopic (exact) mass is 472 g/mol. The number of carbonyl (C=O) groups excluding carboxylic acids is 1. The van der Waals surface area contributed by atoms with Gasteiger partial charge >= 0.3 is 5.97 Å². The predicted molar refractivity (Wildman–Crippen MR) is 149 cm³/mol. The summed E-state index contributed by atoms with van der Waals surface area (Å²) in [7, 11) is 0. The lowest BCUT2D eigenvalue weighted by molar-refractivity contribution is -0.146. The summed E-state index contributed by atoms with van der Waals surface area (Å²) < 4.78 is 5.86.